The van der Waals surface area contributed by atoms with Crippen molar-refractivity contribution < 1.29 is 4.42 Å². The SMILES string of the molecule is Clc1c(CC2CCCN2)ccc2occc12. The Balaban J connectivity index is 1.93. The van der Waals surface area contributed by atoms with Crippen LogP contribution in [0, 0.1) is 0 Å². The number of rotatable bonds is 2. The smallest absolute Gasteiger partial charge is 0.135 e. The highest BCUT2D eigenvalue weighted by Gasteiger charge is 2.17. The van der Waals surface area contributed by atoms with Crippen molar-refractivity contribution in [2.24, 2.45) is 0 Å². The van der Waals surface area contributed by atoms with Crippen molar-refractivity contribution in [2.45, 2.75) is 25.3 Å². The fraction of sp³-hybridized carbons (Fsp3) is 0.385. The van der Waals surface area contributed by atoms with Gasteiger partial charge in [-0.1, -0.05) is 17.7 Å². The van der Waals surface area contributed by atoms with E-state index in [2.05, 4.69) is 11.4 Å². The fourth-order valence-corrected chi connectivity index (χ4v) is 2.70. The number of nitrogens with one attached hydrogen (secondary N) is 1. The highest BCUT2D eigenvalue weighted by Crippen LogP contribution is 2.29. The summed E-state index contributed by atoms with van der Waals surface area (Å²) in [4.78, 5) is 0. The van der Waals surface area contributed by atoms with E-state index in [1.165, 1.54) is 18.4 Å². The van der Waals surface area contributed by atoms with Crippen LogP contribution in [-0.2, 0) is 6.42 Å². The Bertz CT molecular complexity index is 500. The van der Waals surface area contributed by atoms with Crippen LogP contribution < -0.4 is 5.32 Å². The first-order chi connectivity index (χ1) is 7.84. The number of fused-ring (bicyclic) bond motifs is 1. The van der Waals surface area contributed by atoms with Crippen LogP contribution in [-0.4, -0.2) is 12.6 Å². The molecule has 2 heterocycles. The summed E-state index contributed by atoms with van der Waals surface area (Å²) in [5, 5.41) is 5.36. The lowest BCUT2D eigenvalue weighted by Crippen LogP contribution is -2.23. The predicted octanol–water partition coefficient (Wildman–Crippen LogP) is 3.38. The van der Waals surface area contributed by atoms with Crippen LogP contribution in [0.1, 0.15) is 18.4 Å². The van der Waals surface area contributed by atoms with Crippen molar-refractivity contribution in [3.63, 3.8) is 0 Å². The lowest BCUT2D eigenvalue weighted by atomic mass is 10.0. The zero-order chi connectivity index (χ0) is 11.0. The number of benzene rings is 1. The van der Waals surface area contributed by atoms with E-state index in [0.29, 0.717) is 6.04 Å². The molecule has 2 aromatic rings. The van der Waals surface area contributed by atoms with Gasteiger partial charge in [-0.2, -0.15) is 0 Å². The van der Waals surface area contributed by atoms with Crippen molar-refractivity contribution >= 4 is 22.6 Å². The molecular formula is C13H14ClNO. The van der Waals surface area contributed by atoms with Crippen LogP contribution in [0.5, 0.6) is 0 Å². The molecule has 0 bridgehead atoms. The average Bonchev–Trinajstić information content (AvgIpc) is 2.93. The molecule has 1 N–H and O–H groups in total. The van der Waals surface area contributed by atoms with Gasteiger partial charge in [0.1, 0.15) is 5.58 Å². The van der Waals surface area contributed by atoms with Crippen LogP contribution in [0.3, 0.4) is 0 Å². The Morgan fingerprint density at radius 2 is 2.31 bits per heavy atom. The third-order valence-corrected chi connectivity index (χ3v) is 3.72. The first-order valence-electron chi connectivity index (χ1n) is 5.72. The molecule has 1 fully saturated rings. The Morgan fingerprint density at radius 1 is 1.38 bits per heavy atom. The topological polar surface area (TPSA) is 25.2 Å². The molecule has 84 valence electrons. The molecule has 1 unspecified atom stereocenters. The van der Waals surface area contributed by atoms with E-state index in [4.69, 9.17) is 16.0 Å². The normalized spacial score (nSPS) is 20.7. The van der Waals surface area contributed by atoms with Gasteiger partial charge in [-0.05, 0) is 43.5 Å². The van der Waals surface area contributed by atoms with Crippen LogP contribution in [0.15, 0.2) is 28.9 Å². The van der Waals surface area contributed by atoms with Crippen molar-refractivity contribution in [2.75, 3.05) is 6.54 Å². The minimum Gasteiger partial charge on any atom is -0.464 e. The second kappa shape index (κ2) is 4.11. The van der Waals surface area contributed by atoms with E-state index in [0.717, 1.165) is 29.0 Å². The summed E-state index contributed by atoms with van der Waals surface area (Å²) in [6.45, 7) is 1.14. The highest BCUT2D eigenvalue weighted by molar-refractivity contribution is 6.36. The molecule has 1 saturated heterocycles. The molecule has 0 spiro atoms. The molecule has 3 rings (SSSR count). The van der Waals surface area contributed by atoms with E-state index in [1.807, 2.05) is 12.1 Å². The lowest BCUT2D eigenvalue weighted by molar-refractivity contribution is 0.602. The van der Waals surface area contributed by atoms with Gasteiger partial charge < -0.3 is 9.73 Å². The van der Waals surface area contributed by atoms with Gasteiger partial charge in [-0.3, -0.25) is 0 Å². The van der Waals surface area contributed by atoms with Crippen LogP contribution in [0.25, 0.3) is 11.0 Å². The standard InChI is InChI=1S/C13H14ClNO/c14-13-9(8-10-2-1-6-15-10)3-4-12-11(13)5-7-16-12/h3-5,7,10,15H,1-2,6,8H2. The van der Waals surface area contributed by atoms with Gasteiger partial charge in [0, 0.05) is 11.4 Å². The molecule has 0 amide bonds. The zero-order valence-corrected chi connectivity index (χ0v) is 9.76. The van der Waals surface area contributed by atoms with Crippen molar-refractivity contribution in [3.05, 3.63) is 35.0 Å². The number of hydrogen-bond donors (Lipinski definition) is 1. The van der Waals surface area contributed by atoms with E-state index in [1.54, 1.807) is 6.26 Å². The molecule has 3 heteroatoms. The zero-order valence-electron chi connectivity index (χ0n) is 9.00. The molecule has 1 aliphatic rings. The van der Waals surface area contributed by atoms with Gasteiger partial charge in [0.05, 0.1) is 11.3 Å². The Hall–Kier alpha value is -0.990. The maximum Gasteiger partial charge on any atom is 0.135 e. The third kappa shape index (κ3) is 1.72. The summed E-state index contributed by atoms with van der Waals surface area (Å²) < 4.78 is 5.32. The summed E-state index contributed by atoms with van der Waals surface area (Å²) in [7, 11) is 0. The highest BCUT2D eigenvalue weighted by atomic mass is 35.5. The summed E-state index contributed by atoms with van der Waals surface area (Å²) in [6, 6.07) is 6.60. The summed E-state index contributed by atoms with van der Waals surface area (Å²) in [6.07, 6.45) is 5.23. The van der Waals surface area contributed by atoms with E-state index in [9.17, 15) is 0 Å². The first-order valence-corrected chi connectivity index (χ1v) is 6.10. The molecule has 1 aromatic heterocycles. The first kappa shape index (κ1) is 10.2. The van der Waals surface area contributed by atoms with Crippen molar-refractivity contribution in [1.82, 2.24) is 5.32 Å². The molecule has 0 saturated carbocycles. The summed E-state index contributed by atoms with van der Waals surface area (Å²) in [5.74, 6) is 0. The van der Waals surface area contributed by atoms with E-state index >= 15 is 0 Å². The Kier molecular flexibility index (Phi) is 2.62. The van der Waals surface area contributed by atoms with Gasteiger partial charge in [-0.15, -0.1) is 0 Å². The van der Waals surface area contributed by atoms with Gasteiger partial charge in [0.2, 0.25) is 0 Å². The minimum absolute atomic E-state index is 0.585. The van der Waals surface area contributed by atoms with Gasteiger partial charge in [0.25, 0.3) is 0 Å². The molecular weight excluding hydrogens is 222 g/mol. The number of furan rings is 1. The number of hydrogen-bond acceptors (Lipinski definition) is 2. The molecule has 16 heavy (non-hydrogen) atoms. The maximum absolute atomic E-state index is 6.37. The predicted molar refractivity (Wildman–Crippen MR) is 66.0 cm³/mol. The molecule has 1 aromatic carbocycles. The number of halogens is 1. The maximum atomic E-state index is 6.37. The molecule has 1 aliphatic heterocycles. The van der Waals surface area contributed by atoms with E-state index in [-0.39, 0.29) is 0 Å². The molecule has 0 aliphatic carbocycles. The lowest BCUT2D eigenvalue weighted by Gasteiger charge is -2.11. The van der Waals surface area contributed by atoms with Gasteiger partial charge in [-0.25, -0.2) is 0 Å². The average molecular weight is 236 g/mol. The summed E-state index contributed by atoms with van der Waals surface area (Å²) >= 11 is 6.37. The Labute approximate surface area is 99.6 Å². The molecule has 1 atom stereocenters. The van der Waals surface area contributed by atoms with Crippen molar-refractivity contribution in [3.8, 4) is 0 Å². The van der Waals surface area contributed by atoms with Crippen molar-refractivity contribution in [1.29, 1.82) is 0 Å². The quantitative estimate of drug-likeness (QED) is 0.863. The second-order valence-electron chi connectivity index (χ2n) is 4.37. The monoisotopic (exact) mass is 235 g/mol. The fourth-order valence-electron chi connectivity index (χ4n) is 2.41. The molecule has 0 radical (unpaired) electrons. The van der Waals surface area contributed by atoms with Crippen LogP contribution >= 0.6 is 11.6 Å². The third-order valence-electron chi connectivity index (χ3n) is 3.28. The second-order valence-corrected chi connectivity index (χ2v) is 4.75. The summed E-state index contributed by atoms with van der Waals surface area (Å²) in [5.41, 5.74) is 2.09. The Morgan fingerprint density at radius 3 is 3.12 bits per heavy atom. The minimum atomic E-state index is 0.585. The molecule has 2 nitrogen and oxygen atoms in total. The van der Waals surface area contributed by atoms with E-state index < -0.39 is 0 Å². The van der Waals surface area contributed by atoms with Gasteiger partial charge in [0.15, 0.2) is 0 Å². The van der Waals surface area contributed by atoms with Crippen LogP contribution in [0.4, 0.5) is 0 Å². The van der Waals surface area contributed by atoms with Crippen LogP contribution in [0.2, 0.25) is 5.02 Å². The van der Waals surface area contributed by atoms with Gasteiger partial charge >= 0.3 is 0 Å². The largest absolute Gasteiger partial charge is 0.464 e.